The van der Waals surface area contributed by atoms with Gasteiger partial charge in [0.2, 0.25) is 0 Å². The SMILES string of the molecule is CCC(C)(C)N(C)C(=O)c1cn[nH]c1N. The molecular formula is C10H18N4O. The van der Waals surface area contributed by atoms with Gasteiger partial charge >= 0.3 is 0 Å². The second-order valence-electron chi connectivity index (χ2n) is 4.23. The summed E-state index contributed by atoms with van der Waals surface area (Å²) < 4.78 is 0. The predicted molar refractivity (Wildman–Crippen MR) is 59.5 cm³/mol. The fourth-order valence-electron chi connectivity index (χ4n) is 1.16. The van der Waals surface area contributed by atoms with Crippen LogP contribution in [-0.4, -0.2) is 33.6 Å². The first-order valence-electron chi connectivity index (χ1n) is 4.97. The summed E-state index contributed by atoms with van der Waals surface area (Å²) in [6, 6.07) is 0. The van der Waals surface area contributed by atoms with Gasteiger partial charge in [-0.15, -0.1) is 0 Å². The van der Waals surface area contributed by atoms with E-state index in [2.05, 4.69) is 10.2 Å². The molecule has 0 aromatic carbocycles. The first kappa shape index (κ1) is 11.6. The maximum Gasteiger partial charge on any atom is 0.259 e. The van der Waals surface area contributed by atoms with E-state index in [0.29, 0.717) is 11.4 Å². The lowest BCUT2D eigenvalue weighted by Crippen LogP contribution is -2.44. The van der Waals surface area contributed by atoms with Crippen LogP contribution >= 0.6 is 0 Å². The Balaban J connectivity index is 2.92. The van der Waals surface area contributed by atoms with Gasteiger partial charge in [-0.1, -0.05) is 6.92 Å². The number of H-pyrrole nitrogens is 1. The van der Waals surface area contributed by atoms with Crippen molar-refractivity contribution in [1.29, 1.82) is 0 Å². The molecule has 0 radical (unpaired) electrons. The lowest BCUT2D eigenvalue weighted by atomic mass is 9.99. The number of nitrogens with two attached hydrogens (primary N) is 1. The highest BCUT2D eigenvalue weighted by Gasteiger charge is 2.27. The third-order valence-electron chi connectivity index (χ3n) is 2.98. The number of hydrogen-bond acceptors (Lipinski definition) is 3. The minimum Gasteiger partial charge on any atom is -0.383 e. The summed E-state index contributed by atoms with van der Waals surface area (Å²) in [5.41, 5.74) is 5.85. The van der Waals surface area contributed by atoms with Crippen LogP contribution < -0.4 is 5.73 Å². The summed E-state index contributed by atoms with van der Waals surface area (Å²) in [6.07, 6.45) is 2.34. The molecule has 0 bridgehead atoms. The molecule has 5 nitrogen and oxygen atoms in total. The molecule has 0 aliphatic rings. The molecule has 1 rings (SSSR count). The Labute approximate surface area is 89.6 Å². The van der Waals surface area contributed by atoms with E-state index in [1.54, 1.807) is 11.9 Å². The minimum atomic E-state index is -0.180. The minimum absolute atomic E-state index is 0.104. The smallest absolute Gasteiger partial charge is 0.259 e. The van der Waals surface area contributed by atoms with Crippen LogP contribution in [-0.2, 0) is 0 Å². The zero-order valence-electron chi connectivity index (χ0n) is 9.66. The van der Waals surface area contributed by atoms with E-state index in [0.717, 1.165) is 6.42 Å². The van der Waals surface area contributed by atoms with Gasteiger partial charge in [-0.25, -0.2) is 0 Å². The molecule has 0 spiro atoms. The third kappa shape index (κ3) is 2.11. The van der Waals surface area contributed by atoms with Gasteiger partial charge in [0.25, 0.3) is 5.91 Å². The topological polar surface area (TPSA) is 75.0 Å². The molecule has 1 heterocycles. The second kappa shape index (κ2) is 3.92. The van der Waals surface area contributed by atoms with Crippen molar-refractivity contribution in [3.63, 3.8) is 0 Å². The number of aromatic amines is 1. The normalized spacial score (nSPS) is 11.5. The van der Waals surface area contributed by atoms with Crippen molar-refractivity contribution in [2.75, 3.05) is 12.8 Å². The predicted octanol–water partition coefficient (Wildman–Crippen LogP) is 1.25. The highest BCUT2D eigenvalue weighted by molar-refractivity contribution is 5.98. The van der Waals surface area contributed by atoms with Crippen molar-refractivity contribution in [3.8, 4) is 0 Å². The van der Waals surface area contributed by atoms with Crippen LogP contribution in [0.4, 0.5) is 5.82 Å². The van der Waals surface area contributed by atoms with Crippen LogP contribution in [0.15, 0.2) is 6.20 Å². The van der Waals surface area contributed by atoms with Gasteiger partial charge in [-0.05, 0) is 20.3 Å². The van der Waals surface area contributed by atoms with E-state index < -0.39 is 0 Å². The van der Waals surface area contributed by atoms with Gasteiger partial charge in [0.1, 0.15) is 11.4 Å². The highest BCUT2D eigenvalue weighted by Crippen LogP contribution is 2.20. The van der Waals surface area contributed by atoms with E-state index in [-0.39, 0.29) is 11.4 Å². The Morgan fingerprint density at radius 1 is 1.67 bits per heavy atom. The highest BCUT2D eigenvalue weighted by atomic mass is 16.2. The van der Waals surface area contributed by atoms with Crippen molar-refractivity contribution in [2.45, 2.75) is 32.7 Å². The summed E-state index contributed by atoms with van der Waals surface area (Å²) in [6.45, 7) is 6.07. The molecule has 3 N–H and O–H groups in total. The summed E-state index contributed by atoms with van der Waals surface area (Å²) in [7, 11) is 1.78. The molecule has 0 atom stereocenters. The molecule has 0 saturated carbocycles. The summed E-state index contributed by atoms with van der Waals surface area (Å²) >= 11 is 0. The van der Waals surface area contributed by atoms with Crippen LogP contribution in [0, 0.1) is 0 Å². The molecule has 0 aliphatic heterocycles. The number of amides is 1. The summed E-state index contributed by atoms with van der Waals surface area (Å²) in [5, 5.41) is 6.29. The van der Waals surface area contributed by atoms with Crippen LogP contribution in [0.25, 0.3) is 0 Å². The Morgan fingerprint density at radius 3 is 2.67 bits per heavy atom. The first-order chi connectivity index (χ1) is 6.90. The first-order valence-corrected chi connectivity index (χ1v) is 4.97. The number of nitrogen functional groups attached to an aromatic ring is 1. The molecular weight excluding hydrogens is 192 g/mol. The standard InChI is InChI=1S/C10H18N4O/c1-5-10(2,3)14(4)9(15)7-6-12-13-8(7)11/h6H,5H2,1-4H3,(H3,11,12,13). The second-order valence-corrected chi connectivity index (χ2v) is 4.23. The quantitative estimate of drug-likeness (QED) is 0.788. The molecule has 1 aromatic heterocycles. The zero-order valence-corrected chi connectivity index (χ0v) is 9.66. The van der Waals surface area contributed by atoms with Gasteiger partial charge in [0, 0.05) is 12.6 Å². The van der Waals surface area contributed by atoms with Gasteiger partial charge < -0.3 is 10.6 Å². The molecule has 1 amide bonds. The average Bonchev–Trinajstić information content (AvgIpc) is 2.62. The van der Waals surface area contributed by atoms with E-state index >= 15 is 0 Å². The fraction of sp³-hybridized carbons (Fsp3) is 0.600. The summed E-state index contributed by atoms with van der Waals surface area (Å²) in [4.78, 5) is 13.7. The number of aromatic nitrogens is 2. The molecule has 0 unspecified atom stereocenters. The Kier molecular flexibility index (Phi) is 3.02. The molecule has 0 saturated heterocycles. The Bertz CT molecular complexity index is 356. The summed E-state index contributed by atoms with van der Waals surface area (Å²) in [5.74, 6) is 0.215. The maximum atomic E-state index is 12.0. The van der Waals surface area contributed by atoms with Crippen LogP contribution in [0.2, 0.25) is 0 Å². The van der Waals surface area contributed by atoms with Crippen molar-refractivity contribution >= 4 is 11.7 Å². The van der Waals surface area contributed by atoms with E-state index in [1.807, 2.05) is 20.8 Å². The van der Waals surface area contributed by atoms with Crippen molar-refractivity contribution in [1.82, 2.24) is 15.1 Å². The molecule has 15 heavy (non-hydrogen) atoms. The Hall–Kier alpha value is -1.52. The number of hydrogen-bond donors (Lipinski definition) is 2. The van der Waals surface area contributed by atoms with Gasteiger partial charge in [0.05, 0.1) is 6.20 Å². The van der Waals surface area contributed by atoms with Crippen LogP contribution in [0.3, 0.4) is 0 Å². The average molecular weight is 210 g/mol. The van der Waals surface area contributed by atoms with Gasteiger partial charge in [-0.3, -0.25) is 9.89 Å². The number of carbonyl (C=O) groups excluding carboxylic acids is 1. The van der Waals surface area contributed by atoms with E-state index in [9.17, 15) is 4.79 Å². The monoisotopic (exact) mass is 210 g/mol. The zero-order chi connectivity index (χ0) is 11.6. The number of nitrogens with zero attached hydrogens (tertiary/aromatic N) is 2. The largest absolute Gasteiger partial charge is 0.383 e. The molecule has 5 heteroatoms. The van der Waals surface area contributed by atoms with Crippen molar-refractivity contribution in [2.24, 2.45) is 0 Å². The van der Waals surface area contributed by atoms with Crippen molar-refractivity contribution < 1.29 is 4.79 Å². The number of rotatable bonds is 3. The number of nitrogens with one attached hydrogen (secondary N) is 1. The van der Waals surface area contributed by atoms with Crippen LogP contribution in [0.1, 0.15) is 37.6 Å². The molecule has 1 aromatic rings. The maximum absolute atomic E-state index is 12.0. The Morgan fingerprint density at radius 2 is 2.27 bits per heavy atom. The van der Waals surface area contributed by atoms with Gasteiger partial charge in [0.15, 0.2) is 0 Å². The third-order valence-corrected chi connectivity index (χ3v) is 2.98. The lowest BCUT2D eigenvalue weighted by Gasteiger charge is -2.34. The van der Waals surface area contributed by atoms with Crippen molar-refractivity contribution in [3.05, 3.63) is 11.8 Å². The molecule has 0 aliphatic carbocycles. The fourth-order valence-corrected chi connectivity index (χ4v) is 1.16. The van der Waals surface area contributed by atoms with E-state index in [4.69, 9.17) is 5.73 Å². The van der Waals surface area contributed by atoms with Crippen LogP contribution in [0.5, 0.6) is 0 Å². The lowest BCUT2D eigenvalue weighted by molar-refractivity contribution is 0.0621. The van der Waals surface area contributed by atoms with E-state index in [1.165, 1.54) is 6.20 Å². The molecule has 84 valence electrons. The van der Waals surface area contributed by atoms with Gasteiger partial charge in [-0.2, -0.15) is 5.10 Å². The number of carbonyl (C=O) groups is 1. The molecule has 0 fully saturated rings. The number of anilines is 1.